The molecular formula is C20H17ClN2O3S. The summed E-state index contributed by atoms with van der Waals surface area (Å²) in [7, 11) is 1.36. The van der Waals surface area contributed by atoms with E-state index in [9.17, 15) is 4.79 Å². The summed E-state index contributed by atoms with van der Waals surface area (Å²) in [6, 6.07) is 10.6. The first-order valence-electron chi connectivity index (χ1n) is 8.66. The lowest BCUT2D eigenvalue weighted by atomic mass is 9.97. The molecule has 1 aromatic carbocycles. The van der Waals surface area contributed by atoms with Crippen LogP contribution in [0.25, 0.3) is 10.7 Å². The molecule has 0 saturated carbocycles. The van der Waals surface area contributed by atoms with Crippen LogP contribution in [0, 0.1) is 0 Å². The fraction of sp³-hybridized carbons (Fsp3) is 0.250. The SMILES string of the molecule is COC(=O)c1ccc(Oc2nc(-c3ccc(Cl)s3)nc3c2CCCC3)cc1. The third-order valence-corrected chi connectivity index (χ3v) is 5.66. The molecule has 0 amide bonds. The topological polar surface area (TPSA) is 61.3 Å². The number of hydrogen-bond acceptors (Lipinski definition) is 6. The van der Waals surface area contributed by atoms with Crippen molar-refractivity contribution in [2.24, 2.45) is 0 Å². The molecule has 0 bridgehead atoms. The molecule has 3 aromatic rings. The van der Waals surface area contributed by atoms with Gasteiger partial charge in [-0.25, -0.2) is 9.78 Å². The van der Waals surface area contributed by atoms with Crippen LogP contribution in [0.5, 0.6) is 11.6 Å². The maximum absolute atomic E-state index is 11.6. The van der Waals surface area contributed by atoms with E-state index in [0.29, 0.717) is 27.4 Å². The van der Waals surface area contributed by atoms with Gasteiger partial charge in [0.2, 0.25) is 5.88 Å². The Morgan fingerprint density at radius 1 is 1.07 bits per heavy atom. The lowest BCUT2D eigenvalue weighted by Gasteiger charge is -2.19. The number of aromatic nitrogens is 2. The van der Waals surface area contributed by atoms with Crippen LogP contribution in [0.15, 0.2) is 36.4 Å². The minimum atomic E-state index is -0.377. The van der Waals surface area contributed by atoms with Crippen molar-refractivity contribution in [2.45, 2.75) is 25.7 Å². The molecule has 5 nitrogen and oxygen atoms in total. The molecule has 1 aliphatic carbocycles. The molecule has 27 heavy (non-hydrogen) atoms. The van der Waals surface area contributed by atoms with Crippen molar-refractivity contribution < 1.29 is 14.3 Å². The Labute approximate surface area is 166 Å². The molecule has 2 heterocycles. The number of aryl methyl sites for hydroxylation is 1. The Morgan fingerprint density at radius 3 is 2.56 bits per heavy atom. The summed E-state index contributed by atoms with van der Waals surface area (Å²) < 4.78 is 11.5. The molecule has 0 aliphatic heterocycles. The van der Waals surface area contributed by atoms with Crippen molar-refractivity contribution in [1.29, 1.82) is 0 Å². The summed E-state index contributed by atoms with van der Waals surface area (Å²) in [4.78, 5) is 21.9. The molecule has 0 unspecified atom stereocenters. The first-order chi connectivity index (χ1) is 13.1. The molecule has 4 rings (SSSR count). The largest absolute Gasteiger partial charge is 0.465 e. The second-order valence-corrected chi connectivity index (χ2v) is 7.92. The lowest BCUT2D eigenvalue weighted by Crippen LogP contribution is -2.10. The summed E-state index contributed by atoms with van der Waals surface area (Å²) in [6.45, 7) is 0. The van der Waals surface area contributed by atoms with E-state index in [2.05, 4.69) is 4.98 Å². The Hall–Kier alpha value is -2.44. The standard InChI is InChI=1S/C20H17ClN2O3S/c1-25-20(24)12-6-8-13(9-7-12)26-19-14-4-2-3-5-15(14)22-18(23-19)16-10-11-17(21)27-16/h6-11H,2-5H2,1H3. The summed E-state index contributed by atoms with van der Waals surface area (Å²) in [5, 5.41) is 0. The number of carbonyl (C=O) groups is 1. The van der Waals surface area contributed by atoms with Crippen molar-refractivity contribution >= 4 is 28.9 Å². The van der Waals surface area contributed by atoms with Gasteiger partial charge in [0.25, 0.3) is 0 Å². The van der Waals surface area contributed by atoms with Crippen molar-refractivity contribution in [3.05, 3.63) is 57.6 Å². The van der Waals surface area contributed by atoms with Gasteiger partial charge >= 0.3 is 5.97 Å². The highest BCUT2D eigenvalue weighted by Gasteiger charge is 2.21. The number of esters is 1. The molecular weight excluding hydrogens is 384 g/mol. The van der Waals surface area contributed by atoms with E-state index in [0.717, 1.165) is 41.8 Å². The average Bonchev–Trinajstić information content (AvgIpc) is 3.14. The smallest absolute Gasteiger partial charge is 0.337 e. The third kappa shape index (κ3) is 3.82. The van der Waals surface area contributed by atoms with Gasteiger partial charge < -0.3 is 9.47 Å². The number of hydrogen-bond donors (Lipinski definition) is 0. The molecule has 7 heteroatoms. The van der Waals surface area contributed by atoms with E-state index in [1.54, 1.807) is 24.3 Å². The van der Waals surface area contributed by atoms with E-state index >= 15 is 0 Å². The minimum absolute atomic E-state index is 0.377. The second kappa shape index (κ2) is 7.66. The number of ether oxygens (including phenoxy) is 2. The molecule has 2 aromatic heterocycles. The van der Waals surface area contributed by atoms with Crippen molar-refractivity contribution in [3.63, 3.8) is 0 Å². The van der Waals surface area contributed by atoms with Crippen LogP contribution in [-0.4, -0.2) is 23.0 Å². The first kappa shape index (κ1) is 17.9. The van der Waals surface area contributed by atoms with Gasteiger partial charge in [0.1, 0.15) is 5.75 Å². The molecule has 0 atom stereocenters. The van der Waals surface area contributed by atoms with Crippen LogP contribution >= 0.6 is 22.9 Å². The molecule has 138 valence electrons. The number of methoxy groups -OCH3 is 1. The van der Waals surface area contributed by atoms with Crippen LogP contribution in [0.1, 0.15) is 34.5 Å². The number of nitrogens with zero attached hydrogens (tertiary/aromatic N) is 2. The summed E-state index contributed by atoms with van der Waals surface area (Å²) >= 11 is 7.52. The van der Waals surface area contributed by atoms with Gasteiger partial charge in [-0.2, -0.15) is 4.98 Å². The van der Waals surface area contributed by atoms with Gasteiger partial charge in [0, 0.05) is 5.56 Å². The van der Waals surface area contributed by atoms with Crippen LogP contribution in [0.2, 0.25) is 4.34 Å². The predicted octanol–water partition coefficient (Wildman–Crippen LogP) is 5.32. The van der Waals surface area contributed by atoms with E-state index in [1.807, 2.05) is 12.1 Å². The zero-order valence-corrected chi connectivity index (χ0v) is 16.3. The summed E-state index contributed by atoms with van der Waals surface area (Å²) in [6.07, 6.45) is 4.03. The zero-order chi connectivity index (χ0) is 18.8. The van der Waals surface area contributed by atoms with Gasteiger partial charge in [-0.3, -0.25) is 0 Å². The van der Waals surface area contributed by atoms with E-state index in [1.165, 1.54) is 18.4 Å². The van der Waals surface area contributed by atoms with Gasteiger partial charge in [-0.1, -0.05) is 11.6 Å². The highest BCUT2D eigenvalue weighted by molar-refractivity contribution is 7.19. The van der Waals surface area contributed by atoms with E-state index in [4.69, 9.17) is 26.1 Å². The van der Waals surface area contributed by atoms with Crippen molar-refractivity contribution in [3.8, 4) is 22.3 Å². The summed E-state index contributed by atoms with van der Waals surface area (Å²) in [5.74, 6) is 1.45. The fourth-order valence-electron chi connectivity index (χ4n) is 3.08. The first-order valence-corrected chi connectivity index (χ1v) is 9.85. The monoisotopic (exact) mass is 400 g/mol. The number of fused-ring (bicyclic) bond motifs is 1. The Kier molecular flexibility index (Phi) is 5.09. The van der Waals surface area contributed by atoms with E-state index < -0.39 is 0 Å². The number of halogens is 1. The van der Waals surface area contributed by atoms with Gasteiger partial charge in [-0.15, -0.1) is 11.3 Å². The fourth-order valence-corrected chi connectivity index (χ4v) is 4.05. The number of rotatable bonds is 4. The van der Waals surface area contributed by atoms with Gasteiger partial charge in [-0.05, 0) is 62.1 Å². The van der Waals surface area contributed by atoms with Crippen LogP contribution in [0.3, 0.4) is 0 Å². The van der Waals surface area contributed by atoms with Gasteiger partial charge in [0.05, 0.1) is 27.6 Å². The quantitative estimate of drug-likeness (QED) is 0.555. The molecule has 0 spiro atoms. The lowest BCUT2D eigenvalue weighted by molar-refractivity contribution is 0.0600. The third-order valence-electron chi connectivity index (χ3n) is 4.43. The Morgan fingerprint density at radius 2 is 1.85 bits per heavy atom. The van der Waals surface area contributed by atoms with E-state index in [-0.39, 0.29) is 5.97 Å². The number of benzene rings is 1. The second-order valence-electron chi connectivity index (χ2n) is 6.21. The molecule has 0 N–H and O–H groups in total. The normalized spacial score (nSPS) is 13.1. The molecule has 0 radical (unpaired) electrons. The number of carbonyl (C=O) groups excluding carboxylic acids is 1. The molecule has 0 saturated heterocycles. The Bertz CT molecular complexity index is 985. The minimum Gasteiger partial charge on any atom is -0.465 e. The number of thiophene rings is 1. The zero-order valence-electron chi connectivity index (χ0n) is 14.7. The Balaban J connectivity index is 1.69. The van der Waals surface area contributed by atoms with Crippen LogP contribution < -0.4 is 4.74 Å². The maximum atomic E-state index is 11.6. The van der Waals surface area contributed by atoms with Crippen LogP contribution in [0.4, 0.5) is 0 Å². The van der Waals surface area contributed by atoms with Crippen molar-refractivity contribution in [2.75, 3.05) is 7.11 Å². The highest BCUT2D eigenvalue weighted by Crippen LogP contribution is 2.35. The van der Waals surface area contributed by atoms with Crippen molar-refractivity contribution in [1.82, 2.24) is 9.97 Å². The highest BCUT2D eigenvalue weighted by atomic mass is 35.5. The average molecular weight is 401 g/mol. The summed E-state index contributed by atoms with van der Waals surface area (Å²) in [5.41, 5.74) is 2.57. The van der Waals surface area contributed by atoms with Crippen LogP contribution in [-0.2, 0) is 17.6 Å². The molecule has 1 aliphatic rings. The maximum Gasteiger partial charge on any atom is 0.337 e. The molecule has 0 fully saturated rings. The van der Waals surface area contributed by atoms with Gasteiger partial charge in [0.15, 0.2) is 5.82 Å². The predicted molar refractivity (Wildman–Crippen MR) is 105 cm³/mol.